The second-order valence-corrected chi connectivity index (χ2v) is 7.56. The number of rotatable bonds is 14. The van der Waals surface area contributed by atoms with Crippen molar-refractivity contribution in [2.24, 2.45) is 0 Å². The Hall–Kier alpha value is -3.75. The molecule has 3 rings (SSSR count). The summed E-state index contributed by atoms with van der Waals surface area (Å²) < 4.78 is 17.8. The van der Waals surface area contributed by atoms with Crippen LogP contribution in [0.25, 0.3) is 0 Å². The van der Waals surface area contributed by atoms with Gasteiger partial charge in [0.05, 0.1) is 0 Å². The van der Waals surface area contributed by atoms with E-state index in [1.807, 2.05) is 60.7 Å². The van der Waals surface area contributed by atoms with Gasteiger partial charge in [-0.15, -0.1) is 0 Å². The maximum Gasteiger partial charge on any atom is 0.404 e. The Morgan fingerprint density at radius 1 is 0.794 bits per heavy atom. The zero-order valence-electron chi connectivity index (χ0n) is 18.9. The van der Waals surface area contributed by atoms with Crippen molar-refractivity contribution >= 4 is 6.09 Å². The van der Waals surface area contributed by atoms with Crippen molar-refractivity contribution in [3.05, 3.63) is 90.0 Å². The summed E-state index contributed by atoms with van der Waals surface area (Å²) in [6.07, 6.45) is -1.83. The first-order valence-electron chi connectivity index (χ1n) is 11.1. The Morgan fingerprint density at radius 3 is 2.03 bits per heavy atom. The molecule has 180 valence electrons. The van der Waals surface area contributed by atoms with E-state index in [1.54, 1.807) is 18.2 Å². The van der Waals surface area contributed by atoms with Gasteiger partial charge < -0.3 is 35.1 Å². The lowest BCUT2D eigenvalue weighted by atomic mass is 10.2. The molecule has 0 aromatic heterocycles. The van der Waals surface area contributed by atoms with E-state index in [2.05, 4.69) is 10.6 Å². The first kappa shape index (κ1) is 24.9. The highest BCUT2D eigenvalue weighted by Gasteiger charge is 2.11. The van der Waals surface area contributed by atoms with Crippen LogP contribution in [0.3, 0.4) is 0 Å². The number of benzene rings is 3. The molecule has 0 saturated carbocycles. The predicted octanol–water partition coefficient (Wildman–Crippen LogP) is 3.44. The molecule has 3 aromatic rings. The van der Waals surface area contributed by atoms with Gasteiger partial charge >= 0.3 is 6.09 Å². The lowest BCUT2D eigenvalue weighted by Crippen LogP contribution is -2.36. The third-order valence-electron chi connectivity index (χ3n) is 4.79. The molecular weight excluding hydrogens is 436 g/mol. The minimum absolute atomic E-state index is 0.0711. The molecule has 0 radical (unpaired) electrons. The van der Waals surface area contributed by atoms with Gasteiger partial charge in [-0.05, 0) is 23.3 Å². The summed E-state index contributed by atoms with van der Waals surface area (Å²) >= 11 is 0. The minimum Gasteiger partial charge on any atom is -0.491 e. The minimum atomic E-state index is -1.08. The summed E-state index contributed by atoms with van der Waals surface area (Å²) in [6, 6.07) is 25.0. The second-order valence-electron chi connectivity index (χ2n) is 7.56. The number of nitrogens with one attached hydrogen (secondary N) is 2. The first-order chi connectivity index (χ1) is 16.6. The molecular formula is C26H30N2O6. The molecule has 0 aliphatic heterocycles. The van der Waals surface area contributed by atoms with Gasteiger partial charge in [0.15, 0.2) is 11.5 Å². The van der Waals surface area contributed by atoms with Crippen molar-refractivity contribution in [1.82, 2.24) is 10.6 Å². The van der Waals surface area contributed by atoms with Crippen LogP contribution in [0.15, 0.2) is 78.9 Å². The molecule has 0 spiro atoms. The summed E-state index contributed by atoms with van der Waals surface area (Å²) in [5, 5.41) is 23.9. The normalized spacial score (nSPS) is 11.4. The molecule has 0 aliphatic rings. The first-order valence-corrected chi connectivity index (χ1v) is 11.1. The highest BCUT2D eigenvalue weighted by molar-refractivity contribution is 5.64. The molecule has 1 atom stereocenters. The third kappa shape index (κ3) is 9.01. The molecule has 4 N–H and O–H groups in total. The predicted molar refractivity (Wildman–Crippen MR) is 128 cm³/mol. The largest absolute Gasteiger partial charge is 0.491 e. The van der Waals surface area contributed by atoms with Gasteiger partial charge in [-0.3, -0.25) is 0 Å². The summed E-state index contributed by atoms with van der Waals surface area (Å²) in [7, 11) is 0. The molecule has 8 heteroatoms. The third-order valence-corrected chi connectivity index (χ3v) is 4.79. The number of hydrogen-bond donors (Lipinski definition) is 4. The zero-order chi connectivity index (χ0) is 24.0. The van der Waals surface area contributed by atoms with E-state index in [0.717, 1.165) is 11.1 Å². The Morgan fingerprint density at radius 2 is 1.41 bits per heavy atom. The Bertz CT molecular complexity index is 1000. The topological polar surface area (TPSA) is 109 Å². The molecule has 0 bridgehead atoms. The van der Waals surface area contributed by atoms with Crippen molar-refractivity contribution in [3.8, 4) is 17.2 Å². The van der Waals surface area contributed by atoms with E-state index in [9.17, 15) is 9.90 Å². The van der Waals surface area contributed by atoms with Crippen LogP contribution < -0.4 is 24.8 Å². The maximum atomic E-state index is 10.4. The van der Waals surface area contributed by atoms with E-state index in [4.69, 9.17) is 19.3 Å². The fourth-order valence-electron chi connectivity index (χ4n) is 3.06. The summed E-state index contributed by atoms with van der Waals surface area (Å²) in [4.78, 5) is 10.4. The van der Waals surface area contributed by atoms with Gasteiger partial charge in [0.1, 0.15) is 31.7 Å². The van der Waals surface area contributed by atoms with Crippen molar-refractivity contribution in [1.29, 1.82) is 0 Å². The van der Waals surface area contributed by atoms with Gasteiger partial charge in [0.25, 0.3) is 0 Å². The smallest absolute Gasteiger partial charge is 0.404 e. The number of ether oxygens (including phenoxy) is 3. The van der Waals surface area contributed by atoms with Gasteiger partial charge in [0, 0.05) is 25.7 Å². The van der Waals surface area contributed by atoms with Gasteiger partial charge in [-0.1, -0.05) is 60.7 Å². The maximum absolute atomic E-state index is 10.4. The van der Waals surface area contributed by atoms with Gasteiger partial charge in [0.2, 0.25) is 0 Å². The SMILES string of the molecule is O=C(O)NCCNC[C@@H](O)COc1ccc(OCc2ccccc2)c(OCc2ccccc2)c1. The lowest BCUT2D eigenvalue weighted by molar-refractivity contribution is 0.106. The van der Waals surface area contributed by atoms with Crippen molar-refractivity contribution < 1.29 is 29.2 Å². The quantitative estimate of drug-likeness (QED) is 0.270. The van der Waals surface area contributed by atoms with Crippen LogP contribution in [0.4, 0.5) is 4.79 Å². The van der Waals surface area contributed by atoms with E-state index in [-0.39, 0.29) is 19.7 Å². The van der Waals surface area contributed by atoms with Crippen LogP contribution in [0.1, 0.15) is 11.1 Å². The standard InChI is InChI=1S/C26H30N2O6/c29-22(16-27-13-14-28-26(30)31)19-32-23-11-12-24(33-17-20-7-3-1-4-8-20)25(15-23)34-18-21-9-5-2-6-10-21/h1-12,15,22,27-29H,13-14,16-19H2,(H,30,31)/t22-/m1/s1. The number of aliphatic hydroxyl groups is 1. The molecule has 8 nitrogen and oxygen atoms in total. The molecule has 34 heavy (non-hydrogen) atoms. The average Bonchev–Trinajstić information content (AvgIpc) is 2.86. The molecule has 0 saturated heterocycles. The highest BCUT2D eigenvalue weighted by Crippen LogP contribution is 2.33. The number of carboxylic acid groups (broad SMARTS) is 1. The molecule has 0 fully saturated rings. The van der Waals surface area contributed by atoms with Gasteiger partial charge in [-0.2, -0.15) is 0 Å². The van der Waals surface area contributed by atoms with Crippen LogP contribution in [-0.4, -0.2) is 48.7 Å². The summed E-state index contributed by atoms with van der Waals surface area (Å²) in [5.74, 6) is 1.69. The molecule has 3 aromatic carbocycles. The fraction of sp³-hybridized carbons (Fsp3) is 0.269. The van der Waals surface area contributed by atoms with Crippen LogP contribution in [0.5, 0.6) is 17.2 Å². The van der Waals surface area contributed by atoms with Crippen molar-refractivity contribution in [2.75, 3.05) is 26.2 Å². The van der Waals surface area contributed by atoms with Crippen molar-refractivity contribution in [2.45, 2.75) is 19.3 Å². The highest BCUT2D eigenvalue weighted by atomic mass is 16.5. The Balaban J connectivity index is 1.56. The van der Waals surface area contributed by atoms with Crippen LogP contribution in [-0.2, 0) is 13.2 Å². The van der Waals surface area contributed by atoms with E-state index in [0.29, 0.717) is 37.0 Å². The second kappa shape index (κ2) is 13.7. The van der Waals surface area contributed by atoms with Crippen molar-refractivity contribution in [3.63, 3.8) is 0 Å². The molecule has 1 amide bonds. The van der Waals surface area contributed by atoms with Crippen LogP contribution in [0.2, 0.25) is 0 Å². The Kier molecular flexibility index (Phi) is 10.0. The van der Waals surface area contributed by atoms with Gasteiger partial charge in [-0.25, -0.2) is 4.79 Å². The molecule has 0 heterocycles. The monoisotopic (exact) mass is 466 g/mol. The average molecular weight is 467 g/mol. The van der Waals surface area contributed by atoms with Crippen LogP contribution in [0, 0.1) is 0 Å². The summed E-state index contributed by atoms with van der Waals surface area (Å²) in [6.45, 7) is 1.80. The summed E-state index contributed by atoms with van der Waals surface area (Å²) in [5.41, 5.74) is 2.08. The lowest BCUT2D eigenvalue weighted by Gasteiger charge is -2.16. The Labute approximate surface area is 199 Å². The van der Waals surface area contributed by atoms with E-state index >= 15 is 0 Å². The molecule has 0 unspecified atom stereocenters. The van der Waals surface area contributed by atoms with E-state index in [1.165, 1.54) is 0 Å². The number of amides is 1. The molecule has 0 aliphatic carbocycles. The van der Waals surface area contributed by atoms with Crippen LogP contribution >= 0.6 is 0 Å². The number of aliphatic hydroxyl groups excluding tert-OH is 1. The van der Waals surface area contributed by atoms with E-state index < -0.39 is 12.2 Å². The number of carbonyl (C=O) groups is 1. The number of hydrogen-bond acceptors (Lipinski definition) is 6. The zero-order valence-corrected chi connectivity index (χ0v) is 18.9. The fourth-order valence-corrected chi connectivity index (χ4v) is 3.06.